The van der Waals surface area contributed by atoms with E-state index in [-0.39, 0.29) is 0 Å². The van der Waals surface area contributed by atoms with Gasteiger partial charge < -0.3 is 0 Å². The molecule has 0 N–H and O–H groups in total. The molecule has 0 fully saturated rings. The van der Waals surface area contributed by atoms with E-state index in [2.05, 4.69) is 0 Å². The smallest absolute Gasteiger partial charge is 0.0538 e. The first kappa shape index (κ1) is 2.70. The molecule has 0 heteroatoms. The van der Waals surface area contributed by atoms with Gasteiger partial charge in [0.2, 0.25) is 0 Å². The van der Waals surface area contributed by atoms with E-state index in [4.69, 9.17) is 1.37 Å². The minimum absolute atomic E-state index is 1.25. The zero-order valence-corrected chi connectivity index (χ0v) is 3.31. The maximum absolute atomic E-state index is 6.47. The molecule has 0 aliphatic rings. The molecule has 0 atom stereocenters. The van der Waals surface area contributed by atoms with E-state index in [1.54, 1.807) is 6.08 Å². The molecule has 0 saturated carbocycles. The summed E-state index contributed by atoms with van der Waals surface area (Å²) in [5.41, 5.74) is 0. The van der Waals surface area contributed by atoms with Crippen LogP contribution in [-0.4, -0.2) is 0 Å². The molecule has 28 valence electrons. The fourth-order valence-electron chi connectivity index (χ4n) is 0.111. The summed E-state index contributed by atoms with van der Waals surface area (Å²) < 4.78 is 6.47. The molecule has 0 aliphatic carbocycles. The van der Waals surface area contributed by atoms with E-state index in [0.717, 1.165) is 0 Å². The summed E-state index contributed by atoms with van der Waals surface area (Å²) >= 11 is 0. The average Bonchev–Trinajstić information content (AvgIpc) is 1.61. The van der Waals surface area contributed by atoms with E-state index >= 15 is 0 Å². The van der Waals surface area contributed by atoms with Gasteiger partial charge in [-0.1, -0.05) is 24.8 Å². The van der Waals surface area contributed by atoms with Crippen LogP contribution in [0.1, 0.15) is 8.29 Å². The van der Waals surface area contributed by atoms with E-state index in [1.165, 1.54) is 6.55 Å². The highest BCUT2D eigenvalue weighted by Gasteiger charge is 1.42. The molecule has 0 amide bonds. The van der Waals surface area contributed by atoms with Crippen LogP contribution in [-0.2, 0) is 0 Å². The van der Waals surface area contributed by atoms with Crippen LogP contribution in [0.2, 0.25) is 0 Å². The van der Waals surface area contributed by atoms with Crippen molar-refractivity contribution < 1.29 is 1.37 Å². The molecule has 0 radical (unpaired) electrons. The Kier molecular flexibility index (Phi) is 1.88. The van der Waals surface area contributed by atoms with Gasteiger partial charge in [-0.05, 0) is 6.92 Å². The number of rotatable bonds is 1. The van der Waals surface area contributed by atoms with Crippen LogP contribution < -0.4 is 0 Å². The second kappa shape index (κ2) is 3.48. The molecule has 0 heterocycles. The third-order valence-electron chi connectivity index (χ3n) is 0.304. The molecule has 0 aromatic carbocycles. The maximum Gasteiger partial charge on any atom is 0.0538 e. The van der Waals surface area contributed by atoms with Crippen molar-refractivity contribution in [3.63, 3.8) is 0 Å². The predicted octanol–water partition coefficient (Wildman–Crippen LogP) is 1.75. The van der Waals surface area contributed by atoms with E-state index in [0.29, 0.717) is 0 Å². The topological polar surface area (TPSA) is 0 Å². The molecule has 0 aromatic heterocycles. The van der Waals surface area contributed by atoms with Gasteiger partial charge in [-0.15, -0.1) is 0 Å². The molecule has 0 unspecified atom stereocenters. The summed E-state index contributed by atoms with van der Waals surface area (Å²) in [6.07, 6.45) is 5.36. The SMILES string of the molecule is [2H]C=C/C=C\C. The van der Waals surface area contributed by atoms with E-state index in [9.17, 15) is 0 Å². The quantitative estimate of drug-likeness (QED) is 0.411. The first-order valence-electron chi connectivity index (χ1n) is 2.15. The van der Waals surface area contributed by atoms with Crippen LogP contribution in [0, 0.1) is 0 Å². The predicted molar refractivity (Wildman–Crippen MR) is 25.0 cm³/mol. The summed E-state index contributed by atoms with van der Waals surface area (Å²) in [4.78, 5) is 0. The monoisotopic (exact) mass is 69.1 g/mol. The second-order valence-corrected chi connectivity index (χ2v) is 0.718. The Bertz CT molecular complexity index is 52.3. The van der Waals surface area contributed by atoms with Crippen LogP contribution >= 0.6 is 0 Å². The number of hydrogen-bond donors (Lipinski definition) is 0. The first-order chi connectivity index (χ1) is 2.91. The van der Waals surface area contributed by atoms with Crippen LogP contribution in [0.25, 0.3) is 0 Å². The van der Waals surface area contributed by atoms with Gasteiger partial charge in [0.05, 0.1) is 1.37 Å². The Labute approximate surface area is 34.2 Å². The van der Waals surface area contributed by atoms with Gasteiger partial charge in [0.1, 0.15) is 0 Å². The van der Waals surface area contributed by atoms with Crippen molar-refractivity contribution in [2.24, 2.45) is 0 Å². The van der Waals surface area contributed by atoms with E-state index < -0.39 is 0 Å². The Morgan fingerprint density at radius 1 is 2.00 bits per heavy atom. The summed E-state index contributed by atoms with van der Waals surface area (Å²) in [6, 6.07) is 0. The Hall–Kier alpha value is -0.520. The molecular weight excluding hydrogens is 60.1 g/mol. The lowest BCUT2D eigenvalue weighted by molar-refractivity contribution is 1.74. The highest BCUT2D eigenvalue weighted by molar-refractivity contribution is 4.94. The van der Waals surface area contributed by atoms with Crippen molar-refractivity contribution in [3.8, 4) is 0 Å². The first-order valence-corrected chi connectivity index (χ1v) is 1.58. The van der Waals surface area contributed by atoms with Gasteiger partial charge in [-0.2, -0.15) is 0 Å². The Morgan fingerprint density at radius 3 is 3.00 bits per heavy atom. The maximum atomic E-state index is 6.47. The molecule has 0 saturated heterocycles. The minimum Gasteiger partial charge on any atom is -0.0991 e. The van der Waals surface area contributed by atoms with Gasteiger partial charge in [-0.3, -0.25) is 0 Å². The van der Waals surface area contributed by atoms with Crippen molar-refractivity contribution in [1.29, 1.82) is 0 Å². The lowest BCUT2D eigenvalue weighted by Crippen LogP contribution is -1.33. The van der Waals surface area contributed by atoms with E-state index in [1.807, 2.05) is 19.1 Å². The fraction of sp³-hybridized carbons (Fsp3) is 0.200. The lowest BCUT2D eigenvalue weighted by atomic mass is 10.5. The van der Waals surface area contributed by atoms with Gasteiger partial charge in [0.15, 0.2) is 0 Å². The highest BCUT2D eigenvalue weighted by Crippen LogP contribution is 1.64. The summed E-state index contributed by atoms with van der Waals surface area (Å²) in [7, 11) is 0. The lowest BCUT2D eigenvalue weighted by Gasteiger charge is -1.56. The molecular formula is C5H8. The third kappa shape index (κ3) is 3.48. The number of hydrogen-bond acceptors (Lipinski definition) is 0. The minimum atomic E-state index is 1.25. The van der Waals surface area contributed by atoms with Crippen molar-refractivity contribution in [1.82, 2.24) is 0 Å². The average molecular weight is 69.1 g/mol. The van der Waals surface area contributed by atoms with Crippen LogP contribution in [0.4, 0.5) is 0 Å². The Balaban J connectivity index is 3.07. The second-order valence-electron chi connectivity index (χ2n) is 0.718. The van der Waals surface area contributed by atoms with Crippen LogP contribution in [0.3, 0.4) is 0 Å². The van der Waals surface area contributed by atoms with Gasteiger partial charge in [0, 0.05) is 0 Å². The highest BCUT2D eigenvalue weighted by atomic mass is 13.5. The molecule has 0 rings (SSSR count). The summed E-state index contributed by atoms with van der Waals surface area (Å²) in [5, 5.41) is 0. The van der Waals surface area contributed by atoms with Crippen molar-refractivity contribution in [3.05, 3.63) is 24.8 Å². The molecule has 0 nitrogen and oxygen atoms in total. The number of allylic oxidation sites excluding steroid dienone is 3. The largest absolute Gasteiger partial charge is 0.0991 e. The van der Waals surface area contributed by atoms with Crippen molar-refractivity contribution in [2.75, 3.05) is 0 Å². The summed E-state index contributed by atoms with van der Waals surface area (Å²) in [6.45, 7) is 3.17. The molecule has 0 bridgehead atoms. The normalized spacial score (nSPS) is 14.2. The standard InChI is InChI=1S/C5H8/c1-3-5-4-2/h3-5H,1H2,2H3/b5-4-/i1D/b3-1?,5-4-. The van der Waals surface area contributed by atoms with Crippen LogP contribution in [0.5, 0.6) is 0 Å². The van der Waals surface area contributed by atoms with Gasteiger partial charge in [0.25, 0.3) is 0 Å². The van der Waals surface area contributed by atoms with Crippen molar-refractivity contribution >= 4 is 0 Å². The summed E-state index contributed by atoms with van der Waals surface area (Å²) in [5.74, 6) is 0. The van der Waals surface area contributed by atoms with Gasteiger partial charge >= 0.3 is 0 Å². The zero-order chi connectivity index (χ0) is 4.83. The molecule has 0 aliphatic heterocycles. The molecule has 5 heavy (non-hydrogen) atoms. The molecule has 0 aromatic rings. The Morgan fingerprint density at radius 2 is 2.80 bits per heavy atom. The van der Waals surface area contributed by atoms with Crippen molar-refractivity contribution in [2.45, 2.75) is 6.92 Å². The van der Waals surface area contributed by atoms with Crippen LogP contribution in [0.15, 0.2) is 24.8 Å². The zero-order valence-electron chi connectivity index (χ0n) is 4.31. The third-order valence-corrected chi connectivity index (χ3v) is 0.304. The fourth-order valence-corrected chi connectivity index (χ4v) is 0.111. The van der Waals surface area contributed by atoms with Gasteiger partial charge in [-0.25, -0.2) is 0 Å². The molecule has 0 spiro atoms.